The topological polar surface area (TPSA) is 89.7 Å². The summed E-state index contributed by atoms with van der Waals surface area (Å²) in [7, 11) is 1.61. The minimum Gasteiger partial charge on any atom is -0.497 e. The van der Waals surface area contributed by atoms with E-state index >= 15 is 0 Å². The molecule has 2 amide bonds. The lowest BCUT2D eigenvalue weighted by Gasteiger charge is -2.09. The largest absolute Gasteiger partial charge is 0.497 e. The standard InChI is InChI=1S/C22H21N5O3/c1-30-19-10-8-16(9-11-19)14-23-21(28)24-18-6-4-5-17(13-18)15-27-22(29)26-12-3-2-7-20(26)25-27/h2-13H,14-15H2,1H3,(H2,23,24,28). The van der Waals surface area contributed by atoms with Crippen LogP contribution in [0.1, 0.15) is 11.1 Å². The van der Waals surface area contributed by atoms with E-state index in [1.165, 1.54) is 9.08 Å². The number of aromatic nitrogens is 3. The molecule has 4 rings (SSSR count). The molecule has 8 heteroatoms. The third-order valence-electron chi connectivity index (χ3n) is 4.62. The van der Waals surface area contributed by atoms with Crippen LogP contribution in [0.25, 0.3) is 5.65 Å². The van der Waals surface area contributed by atoms with Gasteiger partial charge < -0.3 is 15.4 Å². The Morgan fingerprint density at radius 1 is 1.03 bits per heavy atom. The molecule has 30 heavy (non-hydrogen) atoms. The van der Waals surface area contributed by atoms with E-state index in [-0.39, 0.29) is 11.7 Å². The summed E-state index contributed by atoms with van der Waals surface area (Å²) in [5.41, 5.74) is 2.84. The molecule has 4 aromatic rings. The lowest BCUT2D eigenvalue weighted by atomic mass is 10.2. The number of nitrogens with one attached hydrogen (secondary N) is 2. The van der Waals surface area contributed by atoms with E-state index in [0.29, 0.717) is 24.4 Å². The molecule has 2 heterocycles. The number of carbonyl (C=O) groups is 1. The van der Waals surface area contributed by atoms with Crippen LogP contribution in [0.4, 0.5) is 10.5 Å². The Labute approximate surface area is 172 Å². The van der Waals surface area contributed by atoms with Crippen molar-refractivity contribution in [1.82, 2.24) is 19.5 Å². The number of nitrogens with zero attached hydrogens (tertiary/aromatic N) is 3. The number of fused-ring (bicyclic) bond motifs is 1. The fourth-order valence-corrected chi connectivity index (χ4v) is 3.09. The van der Waals surface area contributed by atoms with Gasteiger partial charge in [0, 0.05) is 18.4 Å². The average Bonchev–Trinajstić information content (AvgIpc) is 3.08. The van der Waals surface area contributed by atoms with Gasteiger partial charge in [0.15, 0.2) is 5.65 Å². The summed E-state index contributed by atoms with van der Waals surface area (Å²) >= 11 is 0. The molecule has 0 bridgehead atoms. The highest BCUT2D eigenvalue weighted by molar-refractivity contribution is 5.89. The number of urea groups is 1. The van der Waals surface area contributed by atoms with Crippen LogP contribution in [0.3, 0.4) is 0 Å². The van der Waals surface area contributed by atoms with Crippen molar-refractivity contribution >= 4 is 17.4 Å². The first-order valence-corrected chi connectivity index (χ1v) is 9.43. The number of methoxy groups -OCH3 is 1. The first kappa shape index (κ1) is 19.3. The van der Waals surface area contributed by atoms with Crippen molar-refractivity contribution in [3.63, 3.8) is 0 Å². The fraction of sp³-hybridized carbons (Fsp3) is 0.136. The Hall–Kier alpha value is -4.07. The molecule has 0 aliphatic carbocycles. The van der Waals surface area contributed by atoms with Crippen LogP contribution < -0.4 is 21.1 Å². The summed E-state index contributed by atoms with van der Waals surface area (Å²) in [6, 6.07) is 19.9. The molecule has 0 unspecified atom stereocenters. The van der Waals surface area contributed by atoms with Gasteiger partial charge in [0.1, 0.15) is 5.75 Å². The van der Waals surface area contributed by atoms with Crippen molar-refractivity contribution in [1.29, 1.82) is 0 Å². The molecule has 0 spiro atoms. The quantitative estimate of drug-likeness (QED) is 0.518. The van der Waals surface area contributed by atoms with Gasteiger partial charge in [-0.05, 0) is 47.5 Å². The molecule has 152 valence electrons. The van der Waals surface area contributed by atoms with Crippen molar-refractivity contribution in [3.05, 3.63) is 94.5 Å². The van der Waals surface area contributed by atoms with E-state index < -0.39 is 0 Å². The van der Waals surface area contributed by atoms with Gasteiger partial charge in [-0.15, -0.1) is 5.10 Å². The smallest absolute Gasteiger partial charge is 0.350 e. The zero-order valence-corrected chi connectivity index (χ0v) is 16.4. The predicted octanol–water partition coefficient (Wildman–Crippen LogP) is 2.87. The molecule has 0 fully saturated rings. The van der Waals surface area contributed by atoms with Crippen LogP contribution in [0, 0.1) is 0 Å². The molecule has 0 saturated carbocycles. The van der Waals surface area contributed by atoms with Gasteiger partial charge >= 0.3 is 11.7 Å². The second kappa shape index (κ2) is 8.52. The van der Waals surface area contributed by atoms with Gasteiger partial charge in [-0.1, -0.05) is 30.3 Å². The van der Waals surface area contributed by atoms with E-state index in [0.717, 1.165) is 16.9 Å². The van der Waals surface area contributed by atoms with Crippen molar-refractivity contribution in [2.24, 2.45) is 0 Å². The summed E-state index contributed by atoms with van der Waals surface area (Å²) in [4.78, 5) is 24.7. The number of rotatable bonds is 6. The number of hydrogen-bond acceptors (Lipinski definition) is 4. The highest BCUT2D eigenvalue weighted by atomic mass is 16.5. The van der Waals surface area contributed by atoms with Crippen molar-refractivity contribution in [2.45, 2.75) is 13.1 Å². The van der Waals surface area contributed by atoms with Crippen LogP contribution in [0.2, 0.25) is 0 Å². The van der Waals surface area contributed by atoms with E-state index in [2.05, 4.69) is 15.7 Å². The van der Waals surface area contributed by atoms with Gasteiger partial charge in [-0.25, -0.2) is 14.3 Å². The van der Waals surface area contributed by atoms with E-state index in [1.807, 2.05) is 48.5 Å². The minimum atomic E-state index is -0.312. The first-order valence-electron chi connectivity index (χ1n) is 9.43. The number of pyridine rings is 1. The Bertz CT molecular complexity index is 1230. The first-order chi connectivity index (χ1) is 14.6. The third kappa shape index (κ3) is 4.33. The van der Waals surface area contributed by atoms with Gasteiger partial charge in [-0.2, -0.15) is 0 Å². The molecule has 8 nitrogen and oxygen atoms in total. The van der Waals surface area contributed by atoms with Gasteiger partial charge in [0.2, 0.25) is 0 Å². The van der Waals surface area contributed by atoms with Gasteiger partial charge in [0.25, 0.3) is 0 Å². The van der Waals surface area contributed by atoms with Crippen LogP contribution in [0.15, 0.2) is 77.7 Å². The predicted molar refractivity (Wildman–Crippen MR) is 114 cm³/mol. The number of anilines is 1. The highest BCUT2D eigenvalue weighted by Crippen LogP contribution is 2.13. The Balaban J connectivity index is 1.39. The molecule has 0 radical (unpaired) electrons. The van der Waals surface area contributed by atoms with Crippen LogP contribution in [-0.2, 0) is 13.1 Å². The van der Waals surface area contributed by atoms with Crippen molar-refractivity contribution in [3.8, 4) is 5.75 Å². The maximum absolute atomic E-state index is 12.4. The molecule has 2 aromatic heterocycles. The zero-order chi connectivity index (χ0) is 20.9. The number of hydrogen-bond donors (Lipinski definition) is 2. The molecule has 0 saturated heterocycles. The molecular formula is C22H21N5O3. The molecular weight excluding hydrogens is 382 g/mol. The lowest BCUT2D eigenvalue weighted by molar-refractivity contribution is 0.251. The lowest BCUT2D eigenvalue weighted by Crippen LogP contribution is -2.28. The van der Waals surface area contributed by atoms with E-state index in [1.54, 1.807) is 31.5 Å². The number of carbonyl (C=O) groups excluding carboxylic acids is 1. The summed E-state index contributed by atoms with van der Waals surface area (Å²) in [5, 5.41) is 9.97. The molecule has 2 aromatic carbocycles. The summed E-state index contributed by atoms with van der Waals surface area (Å²) in [5.74, 6) is 0.768. The maximum Gasteiger partial charge on any atom is 0.350 e. The van der Waals surface area contributed by atoms with Gasteiger partial charge in [0.05, 0.1) is 13.7 Å². The SMILES string of the molecule is COc1ccc(CNC(=O)Nc2cccc(Cn3nc4ccccn4c3=O)c2)cc1. The van der Waals surface area contributed by atoms with Gasteiger partial charge in [-0.3, -0.25) is 4.40 Å². The average molecular weight is 403 g/mol. The molecule has 0 aliphatic heterocycles. The Morgan fingerprint density at radius 3 is 2.63 bits per heavy atom. The van der Waals surface area contributed by atoms with Crippen LogP contribution >= 0.6 is 0 Å². The Kier molecular flexibility index (Phi) is 5.47. The number of ether oxygens (including phenoxy) is 1. The summed E-state index contributed by atoms with van der Waals surface area (Å²) in [6.45, 7) is 0.704. The van der Waals surface area contributed by atoms with E-state index in [9.17, 15) is 9.59 Å². The second-order valence-corrected chi connectivity index (χ2v) is 6.73. The Morgan fingerprint density at radius 2 is 1.87 bits per heavy atom. The summed E-state index contributed by atoms with van der Waals surface area (Å²) in [6.07, 6.45) is 1.69. The minimum absolute atomic E-state index is 0.207. The third-order valence-corrected chi connectivity index (χ3v) is 4.62. The van der Waals surface area contributed by atoms with Crippen molar-refractivity contribution < 1.29 is 9.53 Å². The molecule has 0 aliphatic rings. The highest BCUT2D eigenvalue weighted by Gasteiger charge is 2.08. The maximum atomic E-state index is 12.4. The van der Waals surface area contributed by atoms with Crippen LogP contribution in [-0.4, -0.2) is 27.3 Å². The number of amides is 2. The van der Waals surface area contributed by atoms with Crippen molar-refractivity contribution in [2.75, 3.05) is 12.4 Å². The fourth-order valence-electron chi connectivity index (χ4n) is 3.09. The monoisotopic (exact) mass is 403 g/mol. The number of benzene rings is 2. The summed E-state index contributed by atoms with van der Waals surface area (Å²) < 4.78 is 8.02. The second-order valence-electron chi connectivity index (χ2n) is 6.73. The molecule has 0 atom stereocenters. The van der Waals surface area contributed by atoms with Crippen LogP contribution in [0.5, 0.6) is 5.75 Å². The van der Waals surface area contributed by atoms with E-state index in [4.69, 9.17) is 4.74 Å². The zero-order valence-electron chi connectivity index (χ0n) is 16.4. The molecule has 2 N–H and O–H groups in total. The normalized spacial score (nSPS) is 10.7.